The van der Waals surface area contributed by atoms with E-state index in [2.05, 4.69) is 74.6 Å². The van der Waals surface area contributed by atoms with Crippen molar-refractivity contribution in [3.63, 3.8) is 0 Å². The quantitative estimate of drug-likeness (QED) is 0.588. The number of carbonyl (C=O) groups is 1. The smallest absolute Gasteiger partial charge is 0.238 e. The average Bonchev–Trinajstić information content (AvgIpc) is 2.87. The summed E-state index contributed by atoms with van der Waals surface area (Å²) in [5, 5.41) is 5.70. The molecule has 2 saturated heterocycles. The minimum absolute atomic E-state index is 0.0587. The van der Waals surface area contributed by atoms with Crippen molar-refractivity contribution in [2.45, 2.75) is 13.1 Å². The van der Waals surface area contributed by atoms with Crippen molar-refractivity contribution in [1.29, 1.82) is 0 Å². The number of fused-ring (bicyclic) bond motifs is 1. The number of anilines is 1. The monoisotopic (exact) mass is 458 g/mol. The molecule has 1 amide bonds. The van der Waals surface area contributed by atoms with Crippen molar-refractivity contribution in [3.8, 4) is 0 Å². The highest BCUT2D eigenvalue weighted by Crippen LogP contribution is 2.20. The van der Waals surface area contributed by atoms with Gasteiger partial charge in [-0.25, -0.2) is 0 Å². The molecule has 2 fully saturated rings. The Morgan fingerprint density at radius 1 is 0.735 bits per heavy atom. The largest absolute Gasteiger partial charge is 0.379 e. The fourth-order valence-corrected chi connectivity index (χ4v) is 4.89. The first-order chi connectivity index (χ1) is 16.7. The molecule has 6 heteroatoms. The number of benzene rings is 3. The van der Waals surface area contributed by atoms with Gasteiger partial charge in [-0.3, -0.25) is 19.5 Å². The van der Waals surface area contributed by atoms with Gasteiger partial charge in [-0.1, -0.05) is 54.6 Å². The van der Waals surface area contributed by atoms with Crippen LogP contribution in [0.4, 0.5) is 5.69 Å². The van der Waals surface area contributed by atoms with Crippen LogP contribution in [0.25, 0.3) is 10.8 Å². The van der Waals surface area contributed by atoms with Gasteiger partial charge in [0.1, 0.15) is 0 Å². The van der Waals surface area contributed by atoms with Gasteiger partial charge < -0.3 is 10.1 Å². The molecule has 5 rings (SSSR count). The molecule has 0 bridgehead atoms. The molecule has 0 spiro atoms. The van der Waals surface area contributed by atoms with E-state index in [1.165, 1.54) is 21.9 Å². The third-order valence-electron chi connectivity index (χ3n) is 6.85. The number of morpholine rings is 1. The molecule has 0 atom stereocenters. The van der Waals surface area contributed by atoms with E-state index in [-0.39, 0.29) is 5.91 Å². The van der Waals surface area contributed by atoms with Crippen LogP contribution in [0.5, 0.6) is 0 Å². The number of nitrogens with one attached hydrogen (secondary N) is 1. The molecule has 0 radical (unpaired) electrons. The summed E-state index contributed by atoms with van der Waals surface area (Å²) in [6.45, 7) is 9.70. The molecule has 1 N–H and O–H groups in total. The zero-order valence-corrected chi connectivity index (χ0v) is 19.8. The number of rotatable bonds is 7. The van der Waals surface area contributed by atoms with E-state index in [1.54, 1.807) is 0 Å². The Morgan fingerprint density at radius 3 is 2.21 bits per heavy atom. The first kappa shape index (κ1) is 23.0. The van der Waals surface area contributed by atoms with Gasteiger partial charge in [-0.2, -0.15) is 0 Å². The van der Waals surface area contributed by atoms with Gasteiger partial charge in [0.05, 0.1) is 19.8 Å². The average molecular weight is 459 g/mol. The van der Waals surface area contributed by atoms with Crippen LogP contribution in [0.2, 0.25) is 0 Å². The molecule has 6 nitrogen and oxygen atoms in total. The maximum absolute atomic E-state index is 12.6. The van der Waals surface area contributed by atoms with Gasteiger partial charge in [0.2, 0.25) is 5.91 Å². The summed E-state index contributed by atoms with van der Waals surface area (Å²) in [5.41, 5.74) is 3.51. The van der Waals surface area contributed by atoms with Crippen molar-refractivity contribution in [2.75, 3.05) is 64.3 Å². The summed E-state index contributed by atoms with van der Waals surface area (Å²) >= 11 is 0. The molecule has 0 saturated carbocycles. The lowest BCUT2D eigenvalue weighted by atomic mass is 10.0. The Morgan fingerprint density at radius 2 is 1.41 bits per heavy atom. The molecule has 2 aliphatic heterocycles. The fraction of sp³-hybridized carbons (Fsp3) is 0.393. The lowest BCUT2D eigenvalue weighted by Gasteiger charge is -2.34. The summed E-state index contributed by atoms with van der Waals surface area (Å²) < 4.78 is 5.41. The first-order valence-electron chi connectivity index (χ1n) is 12.3. The van der Waals surface area contributed by atoms with Crippen molar-refractivity contribution in [2.24, 2.45) is 0 Å². The Labute approximate surface area is 202 Å². The number of amides is 1. The molecular weight excluding hydrogens is 424 g/mol. The van der Waals surface area contributed by atoms with E-state index < -0.39 is 0 Å². The second-order valence-corrected chi connectivity index (χ2v) is 9.32. The van der Waals surface area contributed by atoms with Crippen molar-refractivity contribution in [3.05, 3.63) is 77.9 Å². The summed E-state index contributed by atoms with van der Waals surface area (Å²) in [7, 11) is 0. The van der Waals surface area contributed by atoms with Crippen LogP contribution in [0.1, 0.15) is 11.1 Å². The number of nitrogens with zero attached hydrogens (tertiary/aromatic N) is 3. The van der Waals surface area contributed by atoms with E-state index >= 15 is 0 Å². The summed E-state index contributed by atoms with van der Waals surface area (Å²) in [6.07, 6.45) is 0. The highest BCUT2D eigenvalue weighted by molar-refractivity contribution is 5.92. The number of hydrogen-bond donors (Lipinski definition) is 1. The van der Waals surface area contributed by atoms with Crippen molar-refractivity contribution >= 4 is 22.4 Å². The van der Waals surface area contributed by atoms with Gasteiger partial charge in [-0.05, 0) is 34.0 Å². The van der Waals surface area contributed by atoms with Crippen LogP contribution in [-0.4, -0.2) is 79.6 Å². The molecular formula is C28H34N4O2. The highest BCUT2D eigenvalue weighted by Gasteiger charge is 2.19. The Bertz CT molecular complexity index is 1080. The zero-order valence-electron chi connectivity index (χ0n) is 19.8. The standard InChI is InChI=1S/C28H34N4O2/c33-28(29-26-10-8-23(9-11-26)20-32-16-18-34-19-17-32)22-31-14-12-30(13-15-31)21-25-6-3-5-24-4-1-2-7-27(24)25/h1-11H,12-22H2,(H,29,33). The minimum Gasteiger partial charge on any atom is -0.379 e. The highest BCUT2D eigenvalue weighted by atomic mass is 16.5. The molecule has 2 heterocycles. The number of hydrogen-bond acceptors (Lipinski definition) is 5. The maximum Gasteiger partial charge on any atom is 0.238 e. The molecule has 0 aliphatic carbocycles. The predicted molar refractivity (Wildman–Crippen MR) is 137 cm³/mol. The summed E-state index contributed by atoms with van der Waals surface area (Å²) in [4.78, 5) is 19.8. The Balaban J connectivity index is 1.06. The topological polar surface area (TPSA) is 48.1 Å². The third-order valence-corrected chi connectivity index (χ3v) is 6.85. The SMILES string of the molecule is O=C(CN1CCN(Cc2cccc3ccccc23)CC1)Nc1ccc(CN2CCOCC2)cc1. The Hall–Kier alpha value is -2.77. The first-order valence-corrected chi connectivity index (χ1v) is 12.3. The third kappa shape index (κ3) is 6.02. The summed E-state index contributed by atoms with van der Waals surface area (Å²) in [5.74, 6) is 0.0587. The maximum atomic E-state index is 12.6. The lowest BCUT2D eigenvalue weighted by Crippen LogP contribution is -2.48. The molecule has 2 aliphatic rings. The molecule has 34 heavy (non-hydrogen) atoms. The second kappa shape index (κ2) is 11.1. The van der Waals surface area contributed by atoms with Gasteiger partial charge in [-0.15, -0.1) is 0 Å². The van der Waals surface area contributed by atoms with Gasteiger partial charge in [0.15, 0.2) is 0 Å². The van der Waals surface area contributed by atoms with E-state index in [4.69, 9.17) is 4.74 Å². The zero-order chi connectivity index (χ0) is 23.2. The van der Waals surface area contributed by atoms with Crippen LogP contribution < -0.4 is 5.32 Å². The van der Waals surface area contributed by atoms with E-state index in [0.29, 0.717) is 6.54 Å². The number of piperazine rings is 1. The van der Waals surface area contributed by atoms with Crippen molar-refractivity contribution < 1.29 is 9.53 Å². The normalized spacial score (nSPS) is 18.2. The van der Waals surface area contributed by atoms with Crippen molar-refractivity contribution in [1.82, 2.24) is 14.7 Å². The van der Waals surface area contributed by atoms with Gasteiger partial charge in [0.25, 0.3) is 0 Å². The molecule has 178 valence electrons. The van der Waals surface area contributed by atoms with E-state index in [0.717, 1.165) is 71.3 Å². The predicted octanol–water partition coefficient (Wildman–Crippen LogP) is 3.43. The van der Waals surface area contributed by atoms with Crippen LogP contribution in [0.15, 0.2) is 66.7 Å². The molecule has 0 aromatic heterocycles. The minimum atomic E-state index is 0.0587. The lowest BCUT2D eigenvalue weighted by molar-refractivity contribution is -0.117. The van der Waals surface area contributed by atoms with Gasteiger partial charge in [0, 0.05) is 58.0 Å². The van der Waals surface area contributed by atoms with Crippen LogP contribution in [0.3, 0.4) is 0 Å². The van der Waals surface area contributed by atoms with Gasteiger partial charge >= 0.3 is 0 Å². The number of carbonyl (C=O) groups excluding carboxylic acids is 1. The summed E-state index contributed by atoms with van der Waals surface area (Å²) in [6, 6.07) is 23.4. The van der Waals surface area contributed by atoms with Crippen LogP contribution >= 0.6 is 0 Å². The van der Waals surface area contributed by atoms with E-state index in [9.17, 15) is 4.79 Å². The molecule has 0 unspecified atom stereocenters. The Kier molecular flexibility index (Phi) is 7.51. The molecule has 3 aromatic rings. The fourth-order valence-electron chi connectivity index (χ4n) is 4.89. The van der Waals surface area contributed by atoms with E-state index in [1.807, 2.05) is 12.1 Å². The van der Waals surface area contributed by atoms with Crippen LogP contribution in [0, 0.1) is 0 Å². The van der Waals surface area contributed by atoms with Crippen LogP contribution in [-0.2, 0) is 22.6 Å². The molecule has 3 aromatic carbocycles. The number of ether oxygens (including phenoxy) is 1. The second-order valence-electron chi connectivity index (χ2n) is 9.32.